The van der Waals surface area contributed by atoms with E-state index in [4.69, 9.17) is 10.5 Å². The molecule has 0 radical (unpaired) electrons. The summed E-state index contributed by atoms with van der Waals surface area (Å²) in [5.41, 5.74) is 7.65. The van der Waals surface area contributed by atoms with Crippen LogP contribution in [0.15, 0.2) is 66.7 Å². The predicted octanol–water partition coefficient (Wildman–Crippen LogP) is 4.62. The third-order valence-electron chi connectivity index (χ3n) is 4.33. The molecular formula is C22H23NO2. The van der Waals surface area contributed by atoms with Crippen molar-refractivity contribution in [1.82, 2.24) is 0 Å². The fourth-order valence-corrected chi connectivity index (χ4v) is 3.03. The number of benzene rings is 3. The molecule has 0 aliphatic carbocycles. The van der Waals surface area contributed by atoms with Gasteiger partial charge in [-0.15, -0.1) is 0 Å². The Morgan fingerprint density at radius 2 is 1.56 bits per heavy atom. The van der Waals surface area contributed by atoms with Crippen LogP contribution >= 0.6 is 0 Å². The first-order valence-electron chi connectivity index (χ1n) is 8.69. The summed E-state index contributed by atoms with van der Waals surface area (Å²) >= 11 is 0. The summed E-state index contributed by atoms with van der Waals surface area (Å²) in [6.45, 7) is 0.558. The Morgan fingerprint density at radius 1 is 0.840 bits per heavy atom. The van der Waals surface area contributed by atoms with Crippen LogP contribution in [-0.2, 0) is 17.8 Å². The maximum atomic E-state index is 10.9. The van der Waals surface area contributed by atoms with Gasteiger partial charge >= 0.3 is 0 Å². The molecule has 0 fully saturated rings. The van der Waals surface area contributed by atoms with Gasteiger partial charge in [0, 0.05) is 11.8 Å². The van der Waals surface area contributed by atoms with Crippen molar-refractivity contribution in [3.63, 3.8) is 0 Å². The lowest BCUT2D eigenvalue weighted by molar-refractivity contribution is -0.118. The van der Waals surface area contributed by atoms with Crippen LogP contribution in [-0.4, -0.2) is 5.91 Å². The fraction of sp³-hybridized carbons (Fsp3) is 0.227. The number of ether oxygens (including phenoxy) is 1. The Bertz CT molecular complexity index is 843. The number of amides is 1. The number of carbonyl (C=O) groups is 1. The minimum absolute atomic E-state index is 0.227. The maximum Gasteiger partial charge on any atom is 0.217 e. The Morgan fingerprint density at radius 3 is 2.32 bits per heavy atom. The van der Waals surface area contributed by atoms with Gasteiger partial charge < -0.3 is 10.5 Å². The lowest BCUT2D eigenvalue weighted by Gasteiger charge is -2.13. The van der Waals surface area contributed by atoms with Gasteiger partial charge in [0.15, 0.2) is 0 Å². The molecule has 3 nitrogen and oxygen atoms in total. The van der Waals surface area contributed by atoms with Crippen LogP contribution in [0.1, 0.15) is 30.4 Å². The van der Waals surface area contributed by atoms with Gasteiger partial charge in [-0.3, -0.25) is 4.79 Å². The molecule has 0 aliphatic rings. The molecule has 0 heterocycles. The first kappa shape index (κ1) is 17.0. The van der Waals surface area contributed by atoms with E-state index in [9.17, 15) is 4.79 Å². The number of carbonyl (C=O) groups excluding carboxylic acids is 1. The normalized spacial score (nSPS) is 10.7. The second-order valence-corrected chi connectivity index (χ2v) is 6.22. The van der Waals surface area contributed by atoms with Gasteiger partial charge in [-0.05, 0) is 41.8 Å². The maximum absolute atomic E-state index is 10.9. The van der Waals surface area contributed by atoms with Crippen molar-refractivity contribution in [2.24, 2.45) is 5.73 Å². The van der Waals surface area contributed by atoms with Gasteiger partial charge in [0.05, 0.1) is 0 Å². The number of unbranched alkanes of at least 4 members (excludes halogenated alkanes) is 1. The number of rotatable bonds is 8. The van der Waals surface area contributed by atoms with Crippen LogP contribution in [0.5, 0.6) is 5.75 Å². The summed E-state index contributed by atoms with van der Waals surface area (Å²) in [4.78, 5) is 10.9. The molecule has 0 aromatic heterocycles. The molecule has 0 atom stereocenters. The minimum atomic E-state index is -0.227. The number of aryl methyl sites for hydroxylation is 1. The monoisotopic (exact) mass is 333 g/mol. The van der Waals surface area contributed by atoms with Crippen molar-refractivity contribution < 1.29 is 9.53 Å². The molecule has 3 heteroatoms. The summed E-state index contributed by atoms with van der Waals surface area (Å²) < 4.78 is 6.06. The Kier molecular flexibility index (Phi) is 5.68. The molecule has 3 aromatic carbocycles. The molecule has 25 heavy (non-hydrogen) atoms. The van der Waals surface area contributed by atoms with Crippen LogP contribution in [0.25, 0.3) is 10.8 Å². The lowest BCUT2D eigenvalue weighted by Crippen LogP contribution is -2.09. The van der Waals surface area contributed by atoms with Crippen LogP contribution in [0.3, 0.4) is 0 Å². The smallest absolute Gasteiger partial charge is 0.217 e. The summed E-state index contributed by atoms with van der Waals surface area (Å²) in [6.07, 6.45) is 3.18. The molecule has 0 saturated heterocycles. The molecule has 0 aliphatic heterocycles. The topological polar surface area (TPSA) is 52.3 Å². The molecule has 1 amide bonds. The zero-order valence-corrected chi connectivity index (χ0v) is 14.3. The summed E-state index contributed by atoms with van der Waals surface area (Å²) in [7, 11) is 0. The van der Waals surface area contributed by atoms with Crippen LogP contribution in [0, 0.1) is 0 Å². The number of fused-ring (bicyclic) bond motifs is 1. The predicted molar refractivity (Wildman–Crippen MR) is 101 cm³/mol. The Hall–Kier alpha value is -2.81. The number of nitrogens with two attached hydrogens (primary N) is 1. The van der Waals surface area contributed by atoms with E-state index in [0.717, 1.165) is 36.0 Å². The molecule has 0 saturated carbocycles. The second kappa shape index (κ2) is 8.34. The van der Waals surface area contributed by atoms with E-state index in [0.29, 0.717) is 13.0 Å². The van der Waals surface area contributed by atoms with Crippen molar-refractivity contribution in [3.8, 4) is 5.75 Å². The number of hydrogen-bond acceptors (Lipinski definition) is 2. The quantitative estimate of drug-likeness (QED) is 0.612. The second-order valence-electron chi connectivity index (χ2n) is 6.22. The van der Waals surface area contributed by atoms with Crippen molar-refractivity contribution >= 4 is 16.7 Å². The fourth-order valence-electron chi connectivity index (χ4n) is 3.03. The van der Waals surface area contributed by atoms with E-state index in [1.807, 2.05) is 24.3 Å². The highest BCUT2D eigenvalue weighted by Crippen LogP contribution is 2.30. The van der Waals surface area contributed by atoms with E-state index in [1.165, 1.54) is 10.9 Å². The van der Waals surface area contributed by atoms with Crippen molar-refractivity contribution in [2.45, 2.75) is 32.3 Å². The first-order valence-corrected chi connectivity index (χ1v) is 8.69. The van der Waals surface area contributed by atoms with E-state index >= 15 is 0 Å². The zero-order chi connectivity index (χ0) is 17.5. The largest absolute Gasteiger partial charge is 0.488 e. The molecule has 3 aromatic rings. The van der Waals surface area contributed by atoms with Gasteiger partial charge in [-0.1, -0.05) is 60.7 Å². The third kappa shape index (κ3) is 4.60. The van der Waals surface area contributed by atoms with Gasteiger partial charge in [0.2, 0.25) is 5.91 Å². The SMILES string of the molecule is NC(=O)CCCCc1ccc(OCc2ccccc2)c2ccccc12. The van der Waals surface area contributed by atoms with Crippen molar-refractivity contribution in [3.05, 3.63) is 77.9 Å². The van der Waals surface area contributed by atoms with Gasteiger partial charge in [0.25, 0.3) is 0 Å². The van der Waals surface area contributed by atoms with Crippen LogP contribution in [0.4, 0.5) is 0 Å². The van der Waals surface area contributed by atoms with Crippen LogP contribution in [0.2, 0.25) is 0 Å². The molecular weight excluding hydrogens is 310 g/mol. The third-order valence-corrected chi connectivity index (χ3v) is 4.33. The zero-order valence-electron chi connectivity index (χ0n) is 14.3. The molecule has 128 valence electrons. The summed E-state index contributed by atoms with van der Waals surface area (Å²) in [5.74, 6) is 0.676. The molecule has 0 bridgehead atoms. The van der Waals surface area contributed by atoms with E-state index in [2.05, 4.69) is 42.5 Å². The highest BCUT2D eigenvalue weighted by Gasteiger charge is 2.07. The average Bonchev–Trinajstić information content (AvgIpc) is 2.65. The summed E-state index contributed by atoms with van der Waals surface area (Å²) in [6, 6.07) is 22.7. The van der Waals surface area contributed by atoms with Gasteiger partial charge in [-0.2, -0.15) is 0 Å². The summed E-state index contributed by atoms with van der Waals surface area (Å²) in [5, 5.41) is 2.35. The standard InChI is InChI=1S/C22H23NO2/c23-22(24)13-7-4-10-18-14-15-21(20-12-6-5-11-19(18)20)25-16-17-8-2-1-3-9-17/h1-3,5-6,8-9,11-12,14-15H,4,7,10,13,16H2,(H2,23,24). The van der Waals surface area contributed by atoms with Crippen molar-refractivity contribution in [2.75, 3.05) is 0 Å². The number of primary amides is 1. The number of hydrogen-bond donors (Lipinski definition) is 1. The highest BCUT2D eigenvalue weighted by atomic mass is 16.5. The van der Waals surface area contributed by atoms with E-state index in [-0.39, 0.29) is 5.91 Å². The Labute approximate surface area is 148 Å². The minimum Gasteiger partial charge on any atom is -0.488 e. The Balaban J connectivity index is 1.75. The van der Waals surface area contributed by atoms with E-state index < -0.39 is 0 Å². The van der Waals surface area contributed by atoms with E-state index in [1.54, 1.807) is 0 Å². The molecule has 0 spiro atoms. The molecule has 0 unspecified atom stereocenters. The highest BCUT2D eigenvalue weighted by molar-refractivity contribution is 5.91. The average molecular weight is 333 g/mol. The van der Waals surface area contributed by atoms with Crippen molar-refractivity contribution in [1.29, 1.82) is 0 Å². The molecule has 3 rings (SSSR count). The van der Waals surface area contributed by atoms with Gasteiger partial charge in [-0.25, -0.2) is 0 Å². The lowest BCUT2D eigenvalue weighted by atomic mass is 9.99. The van der Waals surface area contributed by atoms with Crippen LogP contribution < -0.4 is 10.5 Å². The molecule has 2 N–H and O–H groups in total. The first-order chi connectivity index (χ1) is 12.2. The van der Waals surface area contributed by atoms with Gasteiger partial charge in [0.1, 0.15) is 12.4 Å².